The van der Waals surface area contributed by atoms with Gasteiger partial charge in [-0.3, -0.25) is 0 Å². The van der Waals surface area contributed by atoms with Crippen LogP contribution in [0.1, 0.15) is 79.0 Å². The van der Waals surface area contributed by atoms with Crippen LogP contribution in [0.25, 0.3) is 0 Å². The molecule has 1 aromatic rings. The standard InChI is InChI=1S/C33H63N3O15Si3/c1-10-43-52(44-11-2,45-12-3)25-34-31(37)40-22-28-19-29(23-41-32(38)35-26-53(46-13-4,47-14-5)48-15-6)21-30(20-28)24-42-33(39)36-27-54(49-16-7,50-17-8)51-18-9/h19-21H,10-18,22-27H2,1-9H3,(H,34,37)(H,35,38)(H,36,39). The normalized spacial score (nSPS) is 11.9. The van der Waals surface area contributed by atoms with E-state index >= 15 is 0 Å². The molecule has 21 heteroatoms. The Morgan fingerprint density at radius 3 is 0.741 bits per heavy atom. The first-order valence-corrected chi connectivity index (χ1v) is 24.3. The lowest BCUT2D eigenvalue weighted by molar-refractivity contribution is 0.0678. The SMILES string of the molecule is CCO[Si](CNC(=O)OCc1cc(COC(=O)NC[Si](OCC)(OCC)OCC)cc(COC(=O)NC[Si](OCC)(OCC)OCC)c1)(OCC)OCC. The molecule has 0 unspecified atom stereocenters. The van der Waals surface area contributed by atoms with E-state index in [0.717, 1.165) is 0 Å². The van der Waals surface area contributed by atoms with Crippen molar-refractivity contribution in [1.82, 2.24) is 16.0 Å². The maximum absolute atomic E-state index is 12.8. The average Bonchev–Trinajstić information content (AvgIpc) is 3.14. The number of nitrogens with one attached hydrogen (secondary N) is 3. The number of alkyl carbamates (subject to hydrolysis) is 3. The molecule has 312 valence electrons. The monoisotopic (exact) mass is 825 g/mol. The Kier molecular flexibility index (Phi) is 25.4. The molecule has 0 saturated heterocycles. The van der Waals surface area contributed by atoms with Gasteiger partial charge < -0.3 is 70.0 Å². The van der Waals surface area contributed by atoms with Crippen LogP contribution in [0.5, 0.6) is 0 Å². The zero-order valence-corrected chi connectivity index (χ0v) is 36.5. The minimum absolute atomic E-state index is 0.0125. The van der Waals surface area contributed by atoms with Gasteiger partial charge in [-0.2, -0.15) is 0 Å². The second-order valence-electron chi connectivity index (χ2n) is 10.9. The minimum Gasteiger partial charge on any atom is -0.445 e. The molecule has 3 amide bonds. The fourth-order valence-corrected chi connectivity index (χ4v) is 11.8. The molecule has 0 aliphatic rings. The molecule has 0 bridgehead atoms. The highest BCUT2D eigenvalue weighted by atomic mass is 28.4. The quantitative estimate of drug-likeness (QED) is 0.0739. The maximum Gasteiger partial charge on any atom is 0.521 e. The molecule has 0 spiro atoms. The van der Waals surface area contributed by atoms with Crippen LogP contribution in [0.3, 0.4) is 0 Å². The zero-order chi connectivity index (χ0) is 40.3. The summed E-state index contributed by atoms with van der Waals surface area (Å²) >= 11 is 0. The number of carbonyl (C=O) groups is 3. The van der Waals surface area contributed by atoms with E-state index in [9.17, 15) is 14.4 Å². The molecule has 0 atom stereocenters. The molecule has 18 nitrogen and oxygen atoms in total. The van der Waals surface area contributed by atoms with Crippen molar-refractivity contribution in [2.45, 2.75) is 82.1 Å². The number of hydrogen-bond donors (Lipinski definition) is 3. The predicted octanol–water partition coefficient (Wildman–Crippen LogP) is 4.13. The van der Waals surface area contributed by atoms with Gasteiger partial charge in [0.15, 0.2) is 0 Å². The van der Waals surface area contributed by atoms with Gasteiger partial charge in [0.25, 0.3) is 0 Å². The molecule has 0 aliphatic heterocycles. The van der Waals surface area contributed by atoms with E-state index in [1.165, 1.54) is 0 Å². The van der Waals surface area contributed by atoms with Crippen LogP contribution < -0.4 is 16.0 Å². The third-order valence-electron chi connectivity index (χ3n) is 6.85. The first-order valence-electron chi connectivity index (χ1n) is 18.6. The Labute approximate surface area is 323 Å². The van der Waals surface area contributed by atoms with Crippen LogP contribution >= 0.6 is 0 Å². The van der Waals surface area contributed by atoms with E-state index in [4.69, 9.17) is 54.0 Å². The Bertz CT molecular complexity index is 1010. The van der Waals surface area contributed by atoms with Crippen molar-refractivity contribution in [3.63, 3.8) is 0 Å². The summed E-state index contributed by atoms with van der Waals surface area (Å²) in [6, 6.07) is 5.11. The smallest absolute Gasteiger partial charge is 0.445 e. The highest BCUT2D eigenvalue weighted by molar-refractivity contribution is 6.62. The van der Waals surface area contributed by atoms with Gasteiger partial charge in [0.2, 0.25) is 0 Å². The molecule has 54 heavy (non-hydrogen) atoms. The third-order valence-corrected chi connectivity index (χ3v) is 15.2. The highest BCUT2D eigenvalue weighted by Crippen LogP contribution is 2.16. The van der Waals surface area contributed by atoms with Crippen molar-refractivity contribution in [2.75, 3.05) is 78.0 Å². The van der Waals surface area contributed by atoms with Gasteiger partial charge in [-0.1, -0.05) is 0 Å². The second kappa shape index (κ2) is 27.8. The Morgan fingerprint density at radius 1 is 0.389 bits per heavy atom. The highest BCUT2D eigenvalue weighted by Gasteiger charge is 2.43. The molecule has 0 aromatic heterocycles. The van der Waals surface area contributed by atoms with Crippen LogP contribution in [0, 0.1) is 0 Å². The van der Waals surface area contributed by atoms with Gasteiger partial charge in [0, 0.05) is 59.5 Å². The fraction of sp³-hybridized carbons (Fsp3) is 0.727. The van der Waals surface area contributed by atoms with Crippen molar-refractivity contribution in [3.8, 4) is 0 Å². The first-order chi connectivity index (χ1) is 26.0. The van der Waals surface area contributed by atoms with E-state index in [0.29, 0.717) is 76.2 Å². The summed E-state index contributed by atoms with van der Waals surface area (Å²) in [5.74, 6) is 0. The van der Waals surface area contributed by atoms with E-state index in [2.05, 4.69) is 16.0 Å². The van der Waals surface area contributed by atoms with Gasteiger partial charge in [-0.25, -0.2) is 14.4 Å². The number of hydrogen-bond acceptors (Lipinski definition) is 15. The Balaban J connectivity index is 3.12. The maximum atomic E-state index is 12.8. The van der Waals surface area contributed by atoms with Crippen LogP contribution in [0.15, 0.2) is 18.2 Å². The largest absolute Gasteiger partial charge is 0.521 e. The number of benzene rings is 1. The summed E-state index contributed by atoms with van der Waals surface area (Å²) < 4.78 is 68.6. The number of ether oxygens (including phenoxy) is 3. The molecule has 0 aliphatic carbocycles. The van der Waals surface area contributed by atoms with Gasteiger partial charge in [0.1, 0.15) is 19.8 Å². The van der Waals surface area contributed by atoms with Crippen LogP contribution in [-0.2, 0) is 73.9 Å². The summed E-state index contributed by atoms with van der Waals surface area (Å²) in [7, 11) is -9.47. The lowest BCUT2D eigenvalue weighted by Crippen LogP contribution is -2.55. The van der Waals surface area contributed by atoms with Crippen LogP contribution in [0.4, 0.5) is 14.4 Å². The van der Waals surface area contributed by atoms with Crippen LogP contribution in [0.2, 0.25) is 0 Å². The first kappa shape index (κ1) is 49.3. The molecule has 0 heterocycles. The molecular formula is C33H63N3O15Si3. The zero-order valence-electron chi connectivity index (χ0n) is 33.5. The predicted molar refractivity (Wildman–Crippen MR) is 203 cm³/mol. The molecule has 1 rings (SSSR count). The molecule has 0 fully saturated rings. The third kappa shape index (κ3) is 18.8. The molecule has 0 saturated carbocycles. The molecule has 1 aromatic carbocycles. The Hall–Kier alpha value is -2.68. The summed E-state index contributed by atoms with van der Waals surface area (Å²) in [5, 5.41) is 8.04. The van der Waals surface area contributed by atoms with E-state index in [1.807, 2.05) is 62.3 Å². The Morgan fingerprint density at radius 2 is 0.574 bits per heavy atom. The number of rotatable bonds is 30. The van der Waals surface area contributed by atoms with Crippen LogP contribution in [-0.4, -0.2) is 123 Å². The summed E-state index contributed by atoms with van der Waals surface area (Å²) in [4.78, 5) is 38.3. The van der Waals surface area contributed by atoms with Crippen molar-refractivity contribution >= 4 is 44.7 Å². The molecule has 0 radical (unpaired) electrons. The topological polar surface area (TPSA) is 198 Å². The van der Waals surface area contributed by atoms with Gasteiger partial charge >= 0.3 is 44.7 Å². The van der Waals surface area contributed by atoms with Gasteiger partial charge in [0.05, 0.1) is 18.5 Å². The van der Waals surface area contributed by atoms with Gasteiger partial charge in [-0.15, -0.1) is 0 Å². The van der Waals surface area contributed by atoms with E-state index in [1.54, 1.807) is 18.2 Å². The summed E-state index contributed by atoms with van der Waals surface area (Å²) in [5.41, 5.74) is 1.62. The fourth-order valence-electron chi connectivity index (χ4n) is 5.04. The minimum atomic E-state index is -3.16. The lowest BCUT2D eigenvalue weighted by atomic mass is 10.1. The van der Waals surface area contributed by atoms with E-state index in [-0.39, 0.29) is 38.3 Å². The molecular weight excluding hydrogens is 763 g/mol. The van der Waals surface area contributed by atoms with Crippen molar-refractivity contribution < 1.29 is 68.4 Å². The summed E-state index contributed by atoms with van der Waals surface area (Å²) in [6.45, 7) is 19.0. The van der Waals surface area contributed by atoms with Crippen molar-refractivity contribution in [1.29, 1.82) is 0 Å². The molecule has 3 N–H and O–H groups in total. The summed E-state index contributed by atoms with van der Waals surface area (Å²) in [6.07, 6.45) is -2.13. The number of carbonyl (C=O) groups excluding carboxylic acids is 3. The van der Waals surface area contributed by atoms with Crippen molar-refractivity contribution in [3.05, 3.63) is 34.9 Å². The second-order valence-corrected chi connectivity index (χ2v) is 18.6. The van der Waals surface area contributed by atoms with E-state index < -0.39 is 44.7 Å². The lowest BCUT2D eigenvalue weighted by Gasteiger charge is -2.28. The average molecular weight is 826 g/mol. The number of amides is 3. The van der Waals surface area contributed by atoms with Gasteiger partial charge in [-0.05, 0) is 97.2 Å². The van der Waals surface area contributed by atoms with Crippen molar-refractivity contribution in [2.24, 2.45) is 0 Å².